The fraction of sp³-hybridized carbons (Fsp3) is 0.778. The van der Waals surface area contributed by atoms with Crippen LogP contribution in [0.5, 0.6) is 0 Å². The Morgan fingerprint density at radius 3 is 2.88 bits per heavy atom. The Morgan fingerprint density at radius 2 is 2.31 bits per heavy atom. The van der Waals surface area contributed by atoms with Crippen molar-refractivity contribution in [2.75, 3.05) is 0 Å². The number of alkyl halides is 3. The normalized spacial score (nSPS) is 33.0. The average molecular weight is 237 g/mol. The molecule has 1 aliphatic heterocycles. The molecule has 0 aromatic heterocycles. The van der Waals surface area contributed by atoms with Gasteiger partial charge in [-0.25, -0.2) is 0 Å². The summed E-state index contributed by atoms with van der Waals surface area (Å²) in [5.41, 5.74) is -0.980. The molecule has 4 nitrogen and oxygen atoms in total. The minimum atomic E-state index is -4.53. The van der Waals surface area contributed by atoms with Crippen molar-refractivity contribution >= 4 is 11.7 Å². The van der Waals surface area contributed by atoms with Crippen molar-refractivity contribution in [1.82, 2.24) is 0 Å². The third-order valence-corrected chi connectivity index (χ3v) is 2.78. The molecule has 0 bridgehead atoms. The zero-order chi connectivity index (χ0) is 12.0. The molecule has 2 aliphatic rings. The number of halogens is 3. The van der Waals surface area contributed by atoms with Crippen LogP contribution in [0.3, 0.4) is 0 Å². The molecule has 0 N–H and O–H groups in total. The average Bonchev–Trinajstić information content (AvgIpc) is 2.56. The quantitative estimate of drug-likeness (QED) is 0.655. The van der Waals surface area contributed by atoms with Crippen molar-refractivity contribution in [2.24, 2.45) is 11.1 Å². The molecule has 7 heteroatoms. The summed E-state index contributed by atoms with van der Waals surface area (Å²) in [7, 11) is 0. The van der Waals surface area contributed by atoms with E-state index < -0.39 is 29.6 Å². The van der Waals surface area contributed by atoms with Gasteiger partial charge in [-0.2, -0.15) is 13.2 Å². The molecule has 90 valence electrons. The maximum atomic E-state index is 12.6. The van der Waals surface area contributed by atoms with Gasteiger partial charge >= 0.3 is 12.1 Å². The van der Waals surface area contributed by atoms with Crippen LogP contribution in [0.2, 0.25) is 0 Å². The first-order valence-electron chi connectivity index (χ1n) is 4.88. The molecule has 2 rings (SSSR count). The van der Waals surface area contributed by atoms with Gasteiger partial charge in [0.2, 0.25) is 0 Å². The molecular formula is C9H10F3NO3. The van der Waals surface area contributed by atoms with Crippen LogP contribution in [-0.2, 0) is 14.4 Å². The van der Waals surface area contributed by atoms with E-state index in [1.54, 1.807) is 0 Å². The van der Waals surface area contributed by atoms with Gasteiger partial charge in [0.15, 0.2) is 5.71 Å². The lowest BCUT2D eigenvalue weighted by atomic mass is 9.97. The van der Waals surface area contributed by atoms with Crippen molar-refractivity contribution in [3.05, 3.63) is 0 Å². The Kier molecular flexibility index (Phi) is 2.36. The van der Waals surface area contributed by atoms with Crippen LogP contribution < -0.4 is 0 Å². The summed E-state index contributed by atoms with van der Waals surface area (Å²) in [6.45, 7) is 1.14. The standard InChI is InChI=1S/C9H10F3NO3/c1-5(14)15-8-4-2-3-6(8)7(13-16-8)9(10,11)12/h6H,2-4H2,1H3. The van der Waals surface area contributed by atoms with E-state index in [0.29, 0.717) is 6.42 Å². The van der Waals surface area contributed by atoms with Gasteiger partial charge < -0.3 is 9.57 Å². The predicted octanol–water partition coefficient (Wildman–Crippen LogP) is 1.99. The molecule has 16 heavy (non-hydrogen) atoms. The fourth-order valence-corrected chi connectivity index (χ4v) is 2.22. The van der Waals surface area contributed by atoms with E-state index in [-0.39, 0.29) is 12.8 Å². The highest BCUT2D eigenvalue weighted by molar-refractivity contribution is 5.93. The van der Waals surface area contributed by atoms with Crippen molar-refractivity contribution in [1.29, 1.82) is 0 Å². The van der Waals surface area contributed by atoms with Gasteiger partial charge in [0, 0.05) is 13.3 Å². The van der Waals surface area contributed by atoms with E-state index >= 15 is 0 Å². The maximum Gasteiger partial charge on any atom is 0.433 e. The molecule has 1 fully saturated rings. The van der Waals surface area contributed by atoms with Gasteiger partial charge in [0.05, 0.1) is 5.92 Å². The lowest BCUT2D eigenvalue weighted by Gasteiger charge is -2.26. The minimum absolute atomic E-state index is 0.250. The summed E-state index contributed by atoms with van der Waals surface area (Å²) in [6.07, 6.45) is -3.49. The molecule has 1 saturated carbocycles. The summed E-state index contributed by atoms with van der Waals surface area (Å²) in [5, 5.41) is 3.03. The van der Waals surface area contributed by atoms with Gasteiger partial charge in [-0.05, 0) is 12.8 Å². The van der Waals surface area contributed by atoms with Gasteiger partial charge in [-0.3, -0.25) is 4.79 Å². The molecule has 0 spiro atoms. The second-order valence-corrected chi connectivity index (χ2v) is 3.92. The number of carbonyl (C=O) groups excluding carboxylic acids is 1. The first kappa shape index (κ1) is 11.2. The van der Waals surface area contributed by atoms with Crippen LogP contribution in [0.15, 0.2) is 5.16 Å². The highest BCUT2D eigenvalue weighted by Crippen LogP contribution is 2.47. The highest BCUT2D eigenvalue weighted by atomic mass is 19.4. The molecule has 2 unspecified atom stereocenters. The number of esters is 1. The van der Waals surface area contributed by atoms with E-state index in [1.165, 1.54) is 0 Å². The van der Waals surface area contributed by atoms with Crippen LogP contribution in [0.25, 0.3) is 0 Å². The Hall–Kier alpha value is -1.27. The maximum absolute atomic E-state index is 12.6. The number of rotatable bonds is 1. The molecule has 0 amide bonds. The topological polar surface area (TPSA) is 47.9 Å². The minimum Gasteiger partial charge on any atom is -0.420 e. The zero-order valence-corrected chi connectivity index (χ0v) is 8.50. The van der Waals surface area contributed by atoms with Crippen LogP contribution in [0.4, 0.5) is 13.2 Å². The molecule has 0 aromatic carbocycles. The number of fused-ring (bicyclic) bond motifs is 1. The second kappa shape index (κ2) is 3.36. The van der Waals surface area contributed by atoms with E-state index in [0.717, 1.165) is 6.92 Å². The number of ether oxygens (including phenoxy) is 1. The number of oxime groups is 1. The highest BCUT2D eigenvalue weighted by Gasteiger charge is 2.61. The first-order valence-corrected chi connectivity index (χ1v) is 4.88. The number of nitrogens with zero attached hydrogens (tertiary/aromatic N) is 1. The molecule has 1 heterocycles. The molecular weight excluding hydrogens is 227 g/mol. The molecule has 0 aromatic rings. The van der Waals surface area contributed by atoms with Gasteiger partial charge in [0.25, 0.3) is 5.79 Å². The SMILES string of the molecule is CC(=O)OC12CCCC1C(C(F)(F)F)=NO2. The Labute approximate surface area is 89.4 Å². The van der Waals surface area contributed by atoms with Gasteiger partial charge in [0.1, 0.15) is 0 Å². The molecule has 0 radical (unpaired) electrons. The van der Waals surface area contributed by atoms with Crippen LogP contribution >= 0.6 is 0 Å². The molecule has 1 aliphatic carbocycles. The zero-order valence-electron chi connectivity index (χ0n) is 8.50. The number of hydrogen-bond acceptors (Lipinski definition) is 4. The second-order valence-electron chi connectivity index (χ2n) is 3.92. The van der Waals surface area contributed by atoms with Gasteiger partial charge in [-0.1, -0.05) is 5.16 Å². The lowest BCUT2D eigenvalue weighted by Crippen LogP contribution is -2.42. The molecule has 0 saturated heterocycles. The Morgan fingerprint density at radius 1 is 1.62 bits per heavy atom. The molecule has 2 atom stereocenters. The van der Waals surface area contributed by atoms with Crippen molar-refractivity contribution in [3.63, 3.8) is 0 Å². The van der Waals surface area contributed by atoms with E-state index in [1.807, 2.05) is 0 Å². The van der Waals surface area contributed by atoms with Crippen LogP contribution in [0, 0.1) is 5.92 Å². The van der Waals surface area contributed by atoms with E-state index in [4.69, 9.17) is 9.57 Å². The largest absolute Gasteiger partial charge is 0.433 e. The van der Waals surface area contributed by atoms with Gasteiger partial charge in [-0.15, -0.1) is 0 Å². The van der Waals surface area contributed by atoms with Crippen LogP contribution in [-0.4, -0.2) is 23.6 Å². The summed E-state index contributed by atoms with van der Waals surface area (Å²) in [4.78, 5) is 15.6. The van der Waals surface area contributed by atoms with E-state index in [2.05, 4.69) is 5.16 Å². The van der Waals surface area contributed by atoms with Crippen molar-refractivity contribution in [3.8, 4) is 0 Å². The van der Waals surface area contributed by atoms with Crippen molar-refractivity contribution < 1.29 is 27.5 Å². The number of hydrogen-bond donors (Lipinski definition) is 0. The van der Waals surface area contributed by atoms with Crippen molar-refractivity contribution in [2.45, 2.75) is 38.1 Å². The third-order valence-electron chi connectivity index (χ3n) is 2.78. The summed E-state index contributed by atoms with van der Waals surface area (Å²) in [6, 6.07) is 0. The smallest absolute Gasteiger partial charge is 0.420 e. The number of carbonyl (C=O) groups is 1. The summed E-state index contributed by atoms with van der Waals surface area (Å²) < 4.78 is 42.5. The fourth-order valence-electron chi connectivity index (χ4n) is 2.22. The first-order chi connectivity index (χ1) is 7.35. The Balaban J connectivity index is 2.24. The van der Waals surface area contributed by atoms with Crippen LogP contribution in [0.1, 0.15) is 26.2 Å². The predicted molar refractivity (Wildman–Crippen MR) is 46.4 cm³/mol. The third kappa shape index (κ3) is 1.64. The summed E-state index contributed by atoms with van der Waals surface area (Å²) in [5.74, 6) is -3.17. The monoisotopic (exact) mass is 237 g/mol. The lowest BCUT2D eigenvalue weighted by molar-refractivity contribution is -0.227. The van der Waals surface area contributed by atoms with E-state index in [9.17, 15) is 18.0 Å². The Bertz CT molecular complexity index is 352. The summed E-state index contributed by atoms with van der Waals surface area (Å²) >= 11 is 0.